The number of aliphatic hydroxyl groups excluding tert-OH is 1. The topological polar surface area (TPSA) is 107 Å². The predicted molar refractivity (Wildman–Crippen MR) is 126 cm³/mol. The number of nitrogens with zero attached hydrogens (tertiary/aromatic N) is 3. The fourth-order valence-electron chi connectivity index (χ4n) is 4.83. The minimum absolute atomic E-state index is 0.0359. The molecule has 3 N–H and O–H groups in total. The van der Waals surface area contributed by atoms with Crippen LogP contribution in [0.1, 0.15) is 58.4 Å². The van der Waals surface area contributed by atoms with Gasteiger partial charge in [0.1, 0.15) is 11.4 Å². The summed E-state index contributed by atoms with van der Waals surface area (Å²) in [6, 6.07) is 5.28. The Morgan fingerprint density at radius 2 is 1.97 bits per heavy atom. The number of aldehydes is 1. The van der Waals surface area contributed by atoms with E-state index in [9.17, 15) is 14.7 Å². The Balaban J connectivity index is 1.34. The number of hydrogen-bond acceptors (Lipinski definition) is 7. The van der Waals surface area contributed by atoms with Gasteiger partial charge in [-0.2, -0.15) is 4.98 Å². The number of hydrogen-bond donors (Lipinski definition) is 3. The molecule has 1 aromatic heterocycles. The Labute approximate surface area is 197 Å². The third-order valence-electron chi connectivity index (χ3n) is 6.97. The number of nitrogens with one attached hydrogen (secondary N) is 2. The molecule has 2 aliphatic carbocycles. The first-order valence-corrected chi connectivity index (χ1v) is 12.0. The first kappa shape index (κ1) is 22.1. The van der Waals surface area contributed by atoms with Crippen LogP contribution in [-0.2, 0) is 6.54 Å². The summed E-state index contributed by atoms with van der Waals surface area (Å²) in [6.45, 7) is 2.32. The SMILES string of the molecule is O=Cc1ccc(CNc2nc(N3CC4CC4C3)ncc2C(=O)NC2CCC(O)CC2)cc1Cl. The Hall–Kier alpha value is -2.71. The standard InChI is InChI=1S/C24H28ClN5O3/c25-21-7-14(1-2-15(21)13-31)9-26-22-20(23(33)28-18-3-5-19(32)6-4-18)10-27-24(29-22)30-11-16-8-17(16)12-30/h1-2,7,10,13,16-19,32H,3-6,8-9,11-12H2,(H,28,33)(H,26,27,29). The highest BCUT2D eigenvalue weighted by Gasteiger charge is 2.46. The van der Waals surface area contributed by atoms with Gasteiger partial charge in [0, 0.05) is 37.4 Å². The molecule has 2 aromatic rings. The number of aliphatic hydroxyl groups is 1. The second kappa shape index (κ2) is 9.27. The van der Waals surface area contributed by atoms with Gasteiger partial charge < -0.3 is 20.6 Å². The second-order valence-electron chi connectivity index (χ2n) is 9.40. The Bertz CT molecular complexity index is 1050. The number of fused-ring (bicyclic) bond motifs is 1. The van der Waals surface area contributed by atoms with E-state index in [1.54, 1.807) is 18.3 Å². The van der Waals surface area contributed by atoms with Gasteiger partial charge in [-0.15, -0.1) is 0 Å². The van der Waals surface area contributed by atoms with E-state index < -0.39 is 0 Å². The largest absolute Gasteiger partial charge is 0.393 e. The van der Waals surface area contributed by atoms with Crippen molar-refractivity contribution in [3.63, 3.8) is 0 Å². The molecule has 33 heavy (non-hydrogen) atoms. The number of rotatable bonds is 7. The lowest BCUT2D eigenvalue weighted by Gasteiger charge is -2.26. The van der Waals surface area contributed by atoms with E-state index in [4.69, 9.17) is 16.6 Å². The number of piperidine rings is 1. The zero-order valence-electron chi connectivity index (χ0n) is 18.3. The maximum Gasteiger partial charge on any atom is 0.256 e. The number of aromatic nitrogens is 2. The number of carbonyl (C=O) groups excluding carboxylic acids is 2. The van der Waals surface area contributed by atoms with Gasteiger partial charge in [0.05, 0.1) is 11.1 Å². The zero-order chi connectivity index (χ0) is 22.9. The maximum absolute atomic E-state index is 13.1. The van der Waals surface area contributed by atoms with E-state index in [1.165, 1.54) is 6.42 Å². The van der Waals surface area contributed by atoms with E-state index in [-0.39, 0.29) is 18.1 Å². The normalized spacial score (nSPS) is 25.9. The highest BCUT2D eigenvalue weighted by atomic mass is 35.5. The maximum atomic E-state index is 13.1. The van der Waals surface area contributed by atoms with Gasteiger partial charge in [-0.05, 0) is 61.6 Å². The molecule has 0 spiro atoms. The summed E-state index contributed by atoms with van der Waals surface area (Å²) >= 11 is 6.17. The Morgan fingerprint density at radius 3 is 2.67 bits per heavy atom. The van der Waals surface area contributed by atoms with Crippen LogP contribution in [0, 0.1) is 11.8 Å². The van der Waals surface area contributed by atoms with Gasteiger partial charge in [0.15, 0.2) is 6.29 Å². The molecule has 1 aliphatic heterocycles. The van der Waals surface area contributed by atoms with Crippen LogP contribution in [-0.4, -0.2) is 52.5 Å². The van der Waals surface area contributed by atoms with Crippen molar-refractivity contribution in [2.45, 2.75) is 50.8 Å². The zero-order valence-corrected chi connectivity index (χ0v) is 19.1. The minimum atomic E-state index is -0.276. The van der Waals surface area contributed by atoms with Crippen LogP contribution >= 0.6 is 11.6 Å². The quantitative estimate of drug-likeness (QED) is 0.535. The average Bonchev–Trinajstić information content (AvgIpc) is 3.43. The number of anilines is 2. The minimum Gasteiger partial charge on any atom is -0.393 e. The molecular formula is C24H28ClN5O3. The van der Waals surface area contributed by atoms with Gasteiger partial charge in [0.25, 0.3) is 5.91 Å². The number of benzene rings is 1. The molecule has 2 heterocycles. The van der Waals surface area contributed by atoms with Crippen LogP contribution in [0.25, 0.3) is 0 Å². The van der Waals surface area contributed by atoms with Gasteiger partial charge >= 0.3 is 0 Å². The van der Waals surface area contributed by atoms with Gasteiger partial charge in [-0.25, -0.2) is 4.98 Å². The monoisotopic (exact) mass is 469 g/mol. The third kappa shape index (κ3) is 4.96. The smallest absolute Gasteiger partial charge is 0.256 e. The summed E-state index contributed by atoms with van der Waals surface area (Å²) in [5.41, 5.74) is 1.71. The van der Waals surface area contributed by atoms with Crippen molar-refractivity contribution in [2.75, 3.05) is 23.3 Å². The van der Waals surface area contributed by atoms with Crippen molar-refractivity contribution < 1.29 is 14.7 Å². The number of halogens is 1. The lowest BCUT2D eigenvalue weighted by Crippen LogP contribution is -2.39. The fraction of sp³-hybridized carbons (Fsp3) is 0.500. The highest BCUT2D eigenvalue weighted by Crippen LogP contribution is 2.45. The Kier molecular flexibility index (Phi) is 6.21. The van der Waals surface area contributed by atoms with E-state index in [0.29, 0.717) is 47.3 Å². The molecule has 1 saturated heterocycles. The van der Waals surface area contributed by atoms with Crippen molar-refractivity contribution in [1.82, 2.24) is 15.3 Å². The van der Waals surface area contributed by atoms with Crippen molar-refractivity contribution in [3.05, 3.63) is 46.1 Å². The summed E-state index contributed by atoms with van der Waals surface area (Å²) in [5.74, 6) is 2.38. The van der Waals surface area contributed by atoms with Crippen LogP contribution in [0.15, 0.2) is 24.4 Å². The third-order valence-corrected chi connectivity index (χ3v) is 7.29. The average molecular weight is 470 g/mol. The molecule has 0 radical (unpaired) electrons. The fourth-order valence-corrected chi connectivity index (χ4v) is 5.08. The highest BCUT2D eigenvalue weighted by molar-refractivity contribution is 6.33. The first-order chi connectivity index (χ1) is 16.0. The van der Waals surface area contributed by atoms with Gasteiger partial charge in [0.2, 0.25) is 5.95 Å². The van der Waals surface area contributed by atoms with Gasteiger partial charge in [-0.3, -0.25) is 9.59 Å². The van der Waals surface area contributed by atoms with Crippen molar-refractivity contribution in [1.29, 1.82) is 0 Å². The molecule has 5 rings (SSSR count). The van der Waals surface area contributed by atoms with Crippen molar-refractivity contribution in [3.8, 4) is 0 Å². The summed E-state index contributed by atoms with van der Waals surface area (Å²) in [6.07, 6.45) is 6.24. The second-order valence-corrected chi connectivity index (χ2v) is 9.81. The molecule has 1 amide bonds. The molecule has 3 fully saturated rings. The molecule has 3 aliphatic rings. The molecule has 2 unspecified atom stereocenters. The van der Waals surface area contributed by atoms with E-state index in [0.717, 1.165) is 49.6 Å². The molecule has 174 valence electrons. The Morgan fingerprint density at radius 1 is 1.21 bits per heavy atom. The molecule has 8 nitrogen and oxygen atoms in total. The molecule has 2 atom stereocenters. The number of amides is 1. The summed E-state index contributed by atoms with van der Waals surface area (Å²) in [7, 11) is 0. The van der Waals surface area contributed by atoms with Crippen LogP contribution in [0.2, 0.25) is 5.02 Å². The lowest BCUT2D eigenvalue weighted by atomic mass is 9.93. The first-order valence-electron chi connectivity index (χ1n) is 11.6. The van der Waals surface area contributed by atoms with Crippen molar-refractivity contribution >= 4 is 35.6 Å². The molecule has 0 bridgehead atoms. The summed E-state index contributed by atoms with van der Waals surface area (Å²) in [5, 5.41) is 16.5. The van der Waals surface area contributed by atoms with E-state index >= 15 is 0 Å². The van der Waals surface area contributed by atoms with Crippen LogP contribution in [0.3, 0.4) is 0 Å². The van der Waals surface area contributed by atoms with Crippen LogP contribution < -0.4 is 15.5 Å². The lowest BCUT2D eigenvalue weighted by molar-refractivity contribution is 0.0867. The van der Waals surface area contributed by atoms with Crippen molar-refractivity contribution in [2.24, 2.45) is 11.8 Å². The molecule has 1 aromatic carbocycles. The molecule has 2 saturated carbocycles. The van der Waals surface area contributed by atoms with E-state index in [1.807, 2.05) is 6.07 Å². The summed E-state index contributed by atoms with van der Waals surface area (Å²) in [4.78, 5) is 35.5. The van der Waals surface area contributed by atoms with Crippen LogP contribution in [0.5, 0.6) is 0 Å². The van der Waals surface area contributed by atoms with Crippen LogP contribution in [0.4, 0.5) is 11.8 Å². The predicted octanol–water partition coefficient (Wildman–Crippen LogP) is 3.04. The molecular weight excluding hydrogens is 442 g/mol. The van der Waals surface area contributed by atoms with Gasteiger partial charge in [-0.1, -0.05) is 17.7 Å². The van der Waals surface area contributed by atoms with E-state index in [2.05, 4.69) is 20.5 Å². The summed E-state index contributed by atoms with van der Waals surface area (Å²) < 4.78 is 0. The number of carbonyl (C=O) groups is 2. The molecule has 9 heteroatoms.